The van der Waals surface area contributed by atoms with Crippen LogP contribution >= 0.6 is 188 Å². The number of hydrogen-bond donors (Lipinski definition) is 0. The molecule has 4 aromatic rings. The Labute approximate surface area is 670 Å². The molecule has 544 valence electrons. The number of hydrogen-bond acceptors (Lipinski definition) is 20. The van der Waals surface area contributed by atoms with Crippen LogP contribution in [0, 0.1) is 0 Å². The third-order valence-corrected chi connectivity index (χ3v) is 41.2. The van der Waals surface area contributed by atoms with Crippen LogP contribution in [0.3, 0.4) is 0 Å². The minimum Gasteiger partial charge on any atom is -0.493 e. The first kappa shape index (κ1) is 81.1. The van der Waals surface area contributed by atoms with Crippen LogP contribution in [0.2, 0.25) is 0 Å². The summed E-state index contributed by atoms with van der Waals surface area (Å²) in [6.07, 6.45) is 27.4. The van der Waals surface area contributed by atoms with Crippen LogP contribution in [0.15, 0.2) is 99.4 Å². The van der Waals surface area contributed by atoms with E-state index < -0.39 is 0 Å². The molecule has 6 heterocycles. The van der Waals surface area contributed by atoms with Gasteiger partial charge in [0, 0.05) is 48.7 Å². The predicted molar refractivity (Wildman–Crippen MR) is 475 cm³/mol. The average molecular weight is 1640 g/mol. The summed E-state index contributed by atoms with van der Waals surface area (Å²) in [4.78, 5) is 0. The maximum Gasteiger partial charge on any atom is 0.126 e. The molecule has 100 heavy (non-hydrogen) atoms. The average Bonchev–Trinajstić information content (AvgIpc) is 1.23. The Bertz CT molecular complexity index is 3170. The fourth-order valence-electron chi connectivity index (χ4n) is 12.6. The van der Waals surface area contributed by atoms with Crippen molar-refractivity contribution >= 4 is 188 Å². The molecule has 20 heteroatoms. The smallest absolute Gasteiger partial charge is 0.126 e. The first-order chi connectivity index (χ1) is 49.2. The molecule has 0 amide bonds. The summed E-state index contributed by atoms with van der Waals surface area (Å²) in [5.41, 5.74) is 15.3. The molecule has 6 aliphatic heterocycles. The van der Waals surface area contributed by atoms with Gasteiger partial charge >= 0.3 is 0 Å². The molecule has 0 unspecified atom stereocenters. The van der Waals surface area contributed by atoms with Crippen LogP contribution in [-0.4, -0.2) is 49.4 Å². The third-order valence-electron chi connectivity index (χ3n) is 17.4. The van der Waals surface area contributed by atoms with Gasteiger partial charge in [0.15, 0.2) is 0 Å². The molecule has 0 N–H and O–H groups in total. The van der Waals surface area contributed by atoms with Crippen molar-refractivity contribution in [3.05, 3.63) is 166 Å². The SMILES string of the molecule is CCCCCCSC1=C(SCCCCCC)SC(=C2SC3=C(SCc4cc5c(OCCC)c(c4)Cc4cc6cc(c4OCCC)Cc4cc(cc(c4OCCC)Cc4cc(cc(c4OCCC)C5)CS3)CSC3=C(SC6)SC(=C4SC(SCCCCCC)=C(SCCCCCC)S4)S3)S2)S1. The highest BCUT2D eigenvalue weighted by Gasteiger charge is 2.35. The second kappa shape index (κ2) is 43.5. The molecule has 0 saturated carbocycles. The maximum absolute atomic E-state index is 7.24. The number of benzene rings is 4. The van der Waals surface area contributed by atoms with E-state index in [1.165, 1.54) is 226 Å². The van der Waals surface area contributed by atoms with E-state index in [4.69, 9.17) is 18.9 Å². The van der Waals surface area contributed by atoms with Crippen molar-refractivity contribution < 1.29 is 18.9 Å². The van der Waals surface area contributed by atoms with Crippen LogP contribution < -0.4 is 18.9 Å². The van der Waals surface area contributed by atoms with E-state index >= 15 is 0 Å². The van der Waals surface area contributed by atoms with Gasteiger partial charge in [-0.25, -0.2) is 0 Å². The normalized spacial score (nSPS) is 17.0. The minimum absolute atomic E-state index is 0.646. The van der Waals surface area contributed by atoms with E-state index in [9.17, 15) is 0 Å². The van der Waals surface area contributed by atoms with E-state index in [1.807, 2.05) is 94.1 Å². The molecule has 0 aromatic heterocycles. The zero-order valence-corrected chi connectivity index (χ0v) is 73.3. The van der Waals surface area contributed by atoms with Crippen molar-refractivity contribution in [3.63, 3.8) is 0 Å². The van der Waals surface area contributed by atoms with E-state index in [-0.39, 0.29) is 0 Å². The summed E-state index contributed by atoms with van der Waals surface area (Å²) in [6.45, 7) is 20.9. The standard InChI is InChI=1S/C80H104O4S16/c1-9-17-21-25-33-85-69-70(86-34-26-22-18-10-2)94-77(93-69)79-97-73-74(98-79)90-50-54-38-58-45-57-37-53(49-89-73)41-61(65(57)81-29-13-5)47-63-43-55-39-59(67(63)83-31-15-7)46-60-40-56(44-64(68(60)84-32-16-8)48-62(42-54)66(58)82-30-14-6)52-92-76-75(91-51-55)99-80(100-76)78-95-71(87-35-27-23-19-11-3)72(96-78)88-36-28-24-20-12-4/h37-44H,9-36,45-52H2,1-8H3. The number of ether oxygens (including phenoxy) is 4. The summed E-state index contributed by atoms with van der Waals surface area (Å²) < 4.78 is 46.8. The zero-order valence-electron chi connectivity index (χ0n) is 60.2. The molecular weight excluding hydrogens is 1540 g/mol. The topological polar surface area (TPSA) is 36.9 Å². The van der Waals surface area contributed by atoms with Crippen molar-refractivity contribution in [2.24, 2.45) is 0 Å². The monoisotopic (exact) mass is 1640 g/mol. The van der Waals surface area contributed by atoms with Crippen molar-refractivity contribution in [1.29, 1.82) is 0 Å². The molecule has 12 bridgehead atoms. The first-order valence-corrected chi connectivity index (χ1v) is 51.6. The number of rotatable bonds is 36. The van der Waals surface area contributed by atoms with Crippen molar-refractivity contribution in [3.8, 4) is 23.0 Å². The number of unbranched alkanes of at least 4 members (excludes halogenated alkanes) is 12. The molecule has 0 fully saturated rings. The van der Waals surface area contributed by atoms with E-state index in [0.29, 0.717) is 52.1 Å². The molecule has 0 radical (unpaired) electrons. The Hall–Kier alpha value is 0.120. The minimum atomic E-state index is 0.646. The van der Waals surface area contributed by atoms with Crippen LogP contribution in [-0.2, 0) is 48.7 Å². The van der Waals surface area contributed by atoms with Crippen molar-refractivity contribution in [2.75, 3.05) is 49.4 Å². The van der Waals surface area contributed by atoms with Crippen LogP contribution in [0.25, 0.3) is 0 Å². The van der Waals surface area contributed by atoms with Crippen molar-refractivity contribution in [1.82, 2.24) is 0 Å². The largest absolute Gasteiger partial charge is 0.493 e. The van der Waals surface area contributed by atoms with Crippen molar-refractivity contribution in [2.45, 2.75) is 233 Å². The Balaban J connectivity index is 1.01. The van der Waals surface area contributed by atoms with E-state index in [2.05, 4.69) is 198 Å². The Morgan fingerprint density at radius 2 is 0.460 bits per heavy atom. The highest BCUT2D eigenvalue weighted by atomic mass is 32.3. The van der Waals surface area contributed by atoms with Gasteiger partial charge in [0.25, 0.3) is 0 Å². The number of thioether (sulfide) groups is 16. The zero-order chi connectivity index (χ0) is 69.4. The lowest BCUT2D eigenvalue weighted by Gasteiger charge is -2.25. The van der Waals surface area contributed by atoms with Gasteiger partial charge in [-0.1, -0.05) is 275 Å². The van der Waals surface area contributed by atoms with E-state index in [0.717, 1.165) is 71.7 Å². The molecule has 0 spiro atoms. The summed E-state index contributed by atoms with van der Waals surface area (Å²) in [6, 6.07) is 20.1. The highest BCUT2D eigenvalue weighted by molar-refractivity contribution is 8.46. The highest BCUT2D eigenvalue weighted by Crippen LogP contribution is 2.69. The summed E-state index contributed by atoms with van der Waals surface area (Å²) in [5.74, 6) is 12.4. The fraction of sp³-hybridized carbons (Fsp3) is 0.550. The summed E-state index contributed by atoms with van der Waals surface area (Å²) in [7, 11) is 0. The lowest BCUT2D eigenvalue weighted by Crippen LogP contribution is -2.11. The fourth-order valence-corrected chi connectivity index (χ4v) is 36.5. The van der Waals surface area contributed by atoms with Gasteiger partial charge in [-0.15, -0.1) is 94.1 Å². The molecule has 0 atom stereocenters. The van der Waals surface area contributed by atoms with Gasteiger partial charge in [0.2, 0.25) is 0 Å². The first-order valence-electron chi connectivity index (χ1n) is 37.2. The second-order valence-corrected chi connectivity index (χ2v) is 45.8. The predicted octanol–water partition coefficient (Wildman–Crippen LogP) is 30.4. The number of fused-ring (bicyclic) bond motifs is 8. The van der Waals surface area contributed by atoms with Gasteiger partial charge in [0.05, 0.1) is 77.3 Å². The molecule has 0 saturated heterocycles. The summed E-state index contributed by atoms with van der Waals surface area (Å²) >= 11 is 33.2. The van der Waals surface area contributed by atoms with Gasteiger partial charge in [0.1, 0.15) is 23.0 Å². The Morgan fingerprint density at radius 3 is 0.660 bits per heavy atom. The summed E-state index contributed by atoms with van der Waals surface area (Å²) in [5, 5.41) is 0. The lowest BCUT2D eigenvalue weighted by molar-refractivity contribution is 0.304. The van der Waals surface area contributed by atoms with Gasteiger partial charge in [-0.05, 0) is 141 Å². The Kier molecular flexibility index (Phi) is 35.3. The van der Waals surface area contributed by atoms with Gasteiger partial charge in [-0.3, -0.25) is 0 Å². The third kappa shape index (κ3) is 23.1. The van der Waals surface area contributed by atoms with E-state index in [1.54, 1.807) is 16.9 Å². The maximum atomic E-state index is 7.24. The Morgan fingerprint density at radius 1 is 0.250 bits per heavy atom. The van der Waals surface area contributed by atoms with Crippen LogP contribution in [0.1, 0.15) is 251 Å². The second-order valence-electron chi connectivity index (χ2n) is 26.1. The lowest BCUT2D eigenvalue weighted by atomic mass is 9.88. The van der Waals surface area contributed by atoms with Crippen LogP contribution in [0.5, 0.6) is 23.0 Å². The molecule has 7 aliphatic rings. The molecule has 11 rings (SSSR count). The molecule has 4 nitrogen and oxygen atoms in total. The van der Waals surface area contributed by atoms with Crippen LogP contribution in [0.4, 0.5) is 0 Å². The van der Waals surface area contributed by atoms with Gasteiger partial charge in [-0.2, -0.15) is 0 Å². The van der Waals surface area contributed by atoms with Gasteiger partial charge < -0.3 is 18.9 Å². The molecule has 1 aliphatic carbocycles. The quantitative estimate of drug-likeness (QED) is 0.0357. The molecular formula is C80H104O4S16. The molecule has 4 aromatic carbocycles.